The first-order valence-electron chi connectivity index (χ1n) is 5.18. The van der Waals surface area contributed by atoms with E-state index in [0.29, 0.717) is 0 Å². The van der Waals surface area contributed by atoms with Gasteiger partial charge in [0.05, 0.1) is 13.5 Å². The smallest absolute Gasteiger partial charge is 0.304 e. The summed E-state index contributed by atoms with van der Waals surface area (Å²) in [6, 6.07) is 5.79. The number of carboxylic acids is 1. The summed E-state index contributed by atoms with van der Waals surface area (Å²) in [6.07, 6.45) is 0.187. The number of ether oxygens (including phenoxy) is 1. The van der Waals surface area contributed by atoms with Crippen LogP contribution in [0.3, 0.4) is 0 Å². The molecule has 3 nitrogen and oxygen atoms in total. The van der Waals surface area contributed by atoms with Crippen LogP contribution in [0.25, 0.3) is 0 Å². The highest BCUT2D eigenvalue weighted by Gasteiger charge is 2.10. The van der Waals surface area contributed by atoms with Crippen LogP contribution in [0.1, 0.15) is 18.9 Å². The molecule has 0 aliphatic rings. The molecule has 1 N–H and O–H groups in total. The summed E-state index contributed by atoms with van der Waals surface area (Å²) in [5.74, 6) is 0.830. The quantitative estimate of drug-likeness (QED) is 0.871. The van der Waals surface area contributed by atoms with Crippen molar-refractivity contribution in [2.75, 3.05) is 7.11 Å². The minimum Gasteiger partial charge on any atom is -0.497 e. The third-order valence-corrected chi connectivity index (χ3v) is 4.23. The highest BCUT2D eigenvalue weighted by Crippen LogP contribution is 2.28. The standard InChI is InChI=1S/C12H15BrO3S/c1-8(5-12(14)15)17-7-9-6-10(16-2)3-4-11(9)13/h3-4,6,8H,5,7H2,1-2H3,(H,14,15). The molecule has 0 heterocycles. The van der Waals surface area contributed by atoms with Crippen LogP contribution in [0.2, 0.25) is 0 Å². The minimum atomic E-state index is -0.755. The van der Waals surface area contributed by atoms with E-state index in [1.54, 1.807) is 18.9 Å². The lowest BCUT2D eigenvalue weighted by Gasteiger charge is -2.10. The summed E-state index contributed by atoms with van der Waals surface area (Å²) in [6.45, 7) is 1.92. The maximum atomic E-state index is 10.5. The molecule has 5 heteroatoms. The number of carboxylic acid groups (broad SMARTS) is 1. The van der Waals surface area contributed by atoms with Crippen LogP contribution in [-0.2, 0) is 10.5 Å². The molecule has 1 aromatic rings. The summed E-state index contributed by atoms with van der Waals surface area (Å²) >= 11 is 5.10. The van der Waals surface area contributed by atoms with Crippen LogP contribution in [0.4, 0.5) is 0 Å². The molecule has 94 valence electrons. The van der Waals surface area contributed by atoms with Crippen molar-refractivity contribution in [3.63, 3.8) is 0 Å². The fourth-order valence-electron chi connectivity index (χ4n) is 1.33. The predicted molar refractivity (Wildman–Crippen MR) is 73.7 cm³/mol. The van der Waals surface area contributed by atoms with Gasteiger partial charge in [0, 0.05) is 15.5 Å². The highest BCUT2D eigenvalue weighted by molar-refractivity contribution is 9.10. The van der Waals surface area contributed by atoms with Gasteiger partial charge < -0.3 is 9.84 Å². The molecule has 1 rings (SSSR count). The number of methoxy groups -OCH3 is 1. The zero-order chi connectivity index (χ0) is 12.8. The van der Waals surface area contributed by atoms with Gasteiger partial charge in [0.1, 0.15) is 5.75 Å². The third kappa shape index (κ3) is 5.00. The molecule has 0 saturated carbocycles. The summed E-state index contributed by atoms with van der Waals surface area (Å²) < 4.78 is 6.18. The van der Waals surface area contributed by atoms with Gasteiger partial charge in [-0.3, -0.25) is 4.79 Å². The molecule has 0 aliphatic carbocycles. The van der Waals surface area contributed by atoms with Gasteiger partial charge in [0.25, 0.3) is 0 Å². The average Bonchev–Trinajstić information content (AvgIpc) is 2.27. The molecule has 17 heavy (non-hydrogen) atoms. The lowest BCUT2D eigenvalue weighted by atomic mass is 10.2. The number of hydrogen-bond acceptors (Lipinski definition) is 3. The molecule has 1 aromatic carbocycles. The third-order valence-electron chi connectivity index (χ3n) is 2.24. The fraction of sp³-hybridized carbons (Fsp3) is 0.417. The predicted octanol–water partition coefficient (Wildman–Crippen LogP) is 3.55. The van der Waals surface area contributed by atoms with Crippen molar-refractivity contribution in [3.8, 4) is 5.75 Å². The Hall–Kier alpha value is -0.680. The number of aliphatic carboxylic acids is 1. The van der Waals surface area contributed by atoms with E-state index >= 15 is 0 Å². The van der Waals surface area contributed by atoms with Crippen molar-refractivity contribution in [2.45, 2.75) is 24.3 Å². The van der Waals surface area contributed by atoms with Gasteiger partial charge >= 0.3 is 5.97 Å². The number of benzene rings is 1. The maximum absolute atomic E-state index is 10.5. The van der Waals surface area contributed by atoms with Crippen LogP contribution in [-0.4, -0.2) is 23.4 Å². The van der Waals surface area contributed by atoms with Crippen molar-refractivity contribution in [1.82, 2.24) is 0 Å². The normalized spacial score (nSPS) is 12.2. The maximum Gasteiger partial charge on any atom is 0.304 e. The Labute approximate surface area is 114 Å². The molecule has 1 atom stereocenters. The summed E-state index contributed by atoms with van der Waals surface area (Å²) in [5, 5.41) is 8.78. The van der Waals surface area contributed by atoms with E-state index in [0.717, 1.165) is 21.5 Å². The minimum absolute atomic E-state index is 0.102. The van der Waals surface area contributed by atoms with E-state index in [1.165, 1.54) is 0 Å². The fourth-order valence-corrected chi connectivity index (χ4v) is 2.86. The van der Waals surface area contributed by atoms with Gasteiger partial charge in [-0.15, -0.1) is 0 Å². The van der Waals surface area contributed by atoms with Crippen LogP contribution < -0.4 is 4.74 Å². The number of rotatable bonds is 6. The van der Waals surface area contributed by atoms with Crippen molar-refractivity contribution in [3.05, 3.63) is 28.2 Å². The molecule has 0 bridgehead atoms. The second-order valence-electron chi connectivity index (χ2n) is 3.68. The Morgan fingerprint density at radius 1 is 1.59 bits per heavy atom. The topological polar surface area (TPSA) is 46.5 Å². The molecular weight excluding hydrogens is 304 g/mol. The van der Waals surface area contributed by atoms with Crippen LogP contribution in [0.15, 0.2) is 22.7 Å². The molecule has 0 aromatic heterocycles. The Bertz CT molecular complexity index is 395. The molecule has 1 unspecified atom stereocenters. The van der Waals surface area contributed by atoms with Crippen molar-refractivity contribution in [1.29, 1.82) is 0 Å². The Kier molecular flexibility index (Phi) is 5.85. The van der Waals surface area contributed by atoms with E-state index in [4.69, 9.17) is 9.84 Å². The number of thioether (sulfide) groups is 1. The first-order chi connectivity index (χ1) is 8.02. The van der Waals surface area contributed by atoms with Crippen LogP contribution in [0, 0.1) is 0 Å². The SMILES string of the molecule is COc1ccc(Br)c(CSC(C)CC(=O)O)c1. The molecular formula is C12H15BrO3S. The monoisotopic (exact) mass is 318 g/mol. The highest BCUT2D eigenvalue weighted by atomic mass is 79.9. The molecule has 0 spiro atoms. The van der Waals surface area contributed by atoms with Crippen molar-refractivity contribution < 1.29 is 14.6 Å². The van der Waals surface area contributed by atoms with Gasteiger partial charge in [0.2, 0.25) is 0 Å². The van der Waals surface area contributed by atoms with Gasteiger partial charge in [-0.05, 0) is 23.8 Å². The van der Waals surface area contributed by atoms with Gasteiger partial charge in [-0.2, -0.15) is 11.8 Å². The van der Waals surface area contributed by atoms with E-state index < -0.39 is 5.97 Å². The zero-order valence-corrected chi connectivity index (χ0v) is 12.2. The van der Waals surface area contributed by atoms with E-state index in [-0.39, 0.29) is 11.7 Å². The molecule has 0 saturated heterocycles. The van der Waals surface area contributed by atoms with E-state index in [1.807, 2.05) is 25.1 Å². The summed E-state index contributed by atoms with van der Waals surface area (Å²) in [4.78, 5) is 10.5. The summed E-state index contributed by atoms with van der Waals surface area (Å²) in [5.41, 5.74) is 1.12. The average molecular weight is 319 g/mol. The first-order valence-corrected chi connectivity index (χ1v) is 7.03. The second kappa shape index (κ2) is 6.91. The second-order valence-corrected chi connectivity index (χ2v) is 5.96. The van der Waals surface area contributed by atoms with Crippen molar-refractivity contribution in [2.24, 2.45) is 0 Å². The molecule has 0 radical (unpaired) electrons. The molecule has 0 aliphatic heterocycles. The van der Waals surface area contributed by atoms with Crippen LogP contribution in [0.5, 0.6) is 5.75 Å². The molecule has 0 amide bonds. The van der Waals surface area contributed by atoms with Gasteiger partial charge in [-0.1, -0.05) is 22.9 Å². The van der Waals surface area contributed by atoms with Crippen LogP contribution >= 0.6 is 27.7 Å². The molecule has 0 fully saturated rings. The largest absolute Gasteiger partial charge is 0.497 e. The Morgan fingerprint density at radius 3 is 2.88 bits per heavy atom. The lowest BCUT2D eigenvalue weighted by Crippen LogP contribution is -2.05. The Balaban J connectivity index is 2.59. The first kappa shape index (κ1) is 14.4. The van der Waals surface area contributed by atoms with Gasteiger partial charge in [-0.25, -0.2) is 0 Å². The number of halogens is 1. The van der Waals surface area contributed by atoms with E-state index in [9.17, 15) is 4.79 Å². The number of carbonyl (C=O) groups is 1. The lowest BCUT2D eigenvalue weighted by molar-refractivity contribution is -0.136. The Morgan fingerprint density at radius 2 is 2.29 bits per heavy atom. The van der Waals surface area contributed by atoms with Crippen molar-refractivity contribution >= 4 is 33.7 Å². The zero-order valence-electron chi connectivity index (χ0n) is 9.77. The van der Waals surface area contributed by atoms with Gasteiger partial charge in [0.15, 0.2) is 0 Å². The summed E-state index contributed by atoms with van der Waals surface area (Å²) in [7, 11) is 1.63. The van der Waals surface area contributed by atoms with E-state index in [2.05, 4.69) is 15.9 Å². The number of hydrogen-bond donors (Lipinski definition) is 1.